The average Bonchev–Trinajstić information content (AvgIpc) is 3.25. The van der Waals surface area contributed by atoms with Gasteiger partial charge in [-0.1, -0.05) is 207 Å². The molecule has 1 saturated heterocycles. The summed E-state index contributed by atoms with van der Waals surface area (Å²) in [6, 6.07) is -1.58. The lowest BCUT2D eigenvalue weighted by Crippen LogP contribution is -2.65. The van der Waals surface area contributed by atoms with E-state index in [-0.39, 0.29) is 19.3 Å². The van der Waals surface area contributed by atoms with Gasteiger partial charge in [0.2, 0.25) is 5.91 Å². The van der Waals surface area contributed by atoms with Gasteiger partial charge in [0.25, 0.3) is 0 Å². The van der Waals surface area contributed by atoms with E-state index in [0.717, 1.165) is 70.6 Å². The fourth-order valence-corrected chi connectivity index (χ4v) is 9.27. The van der Waals surface area contributed by atoms with Crippen molar-refractivity contribution in [2.45, 2.75) is 295 Å². The molecule has 1 fully saturated rings. The number of aliphatic hydroxyl groups excluding tert-OH is 3. The van der Waals surface area contributed by atoms with Crippen LogP contribution in [0.1, 0.15) is 252 Å². The van der Waals surface area contributed by atoms with Crippen molar-refractivity contribution in [1.29, 1.82) is 0 Å². The minimum Gasteiger partial charge on any atom is -0.462 e. The van der Waals surface area contributed by atoms with E-state index in [1.165, 1.54) is 116 Å². The van der Waals surface area contributed by atoms with Crippen molar-refractivity contribution < 1.29 is 62.8 Å². The highest BCUT2D eigenvalue weighted by atomic mass is 31.2. The Kier molecular flexibility index (Phi) is 38.0. The van der Waals surface area contributed by atoms with Gasteiger partial charge in [-0.2, -0.15) is 0 Å². The molecule has 0 unspecified atom stereocenters. The summed E-state index contributed by atoms with van der Waals surface area (Å²) in [4.78, 5) is 59.6. The number of hydrogen-bond donors (Lipinski definition) is 6. The molecule has 1 heterocycles. The number of unbranched alkanes of at least 4 members (excludes halogenated alkanes) is 28. The summed E-state index contributed by atoms with van der Waals surface area (Å²) < 4.78 is 34.1. The number of phosphoric acid groups is 1. The minimum absolute atomic E-state index is 0.210. The van der Waals surface area contributed by atoms with E-state index < -0.39 is 75.1 Å². The van der Waals surface area contributed by atoms with E-state index in [2.05, 4.69) is 26.1 Å². The number of ether oxygens (including phenoxy) is 3. The Morgan fingerprint density at radius 1 is 0.585 bits per heavy atom. The highest BCUT2D eigenvalue weighted by Gasteiger charge is 2.51. The molecule has 14 nitrogen and oxygen atoms in total. The highest BCUT2D eigenvalue weighted by molar-refractivity contribution is 7.46. The Bertz CT molecular complexity index is 1220. The summed E-state index contributed by atoms with van der Waals surface area (Å²) in [6.45, 7) is 5.75. The number of aliphatic hydroxyl groups is 3. The van der Waals surface area contributed by atoms with E-state index in [1.54, 1.807) is 0 Å². The molecule has 384 valence electrons. The molecule has 0 aromatic carbocycles. The topological polar surface area (TPSA) is 218 Å². The molecule has 0 bridgehead atoms. The number of amides is 1. The molecule has 1 aliphatic rings. The molecule has 1 aliphatic heterocycles. The lowest BCUT2D eigenvalue weighted by atomic mass is 9.96. The van der Waals surface area contributed by atoms with Gasteiger partial charge < -0.3 is 44.6 Å². The maximum absolute atomic E-state index is 13.7. The van der Waals surface area contributed by atoms with Crippen LogP contribution in [0, 0.1) is 0 Å². The first-order valence-electron chi connectivity index (χ1n) is 26.4. The fraction of sp³-hybridized carbons (Fsp3) is 0.940. The van der Waals surface area contributed by atoms with Crippen molar-refractivity contribution in [3.63, 3.8) is 0 Å². The van der Waals surface area contributed by atoms with Crippen molar-refractivity contribution in [3.8, 4) is 0 Å². The Morgan fingerprint density at radius 2 is 1.00 bits per heavy atom. The van der Waals surface area contributed by atoms with E-state index in [4.69, 9.17) is 18.7 Å². The first-order valence-corrected chi connectivity index (χ1v) is 27.9. The summed E-state index contributed by atoms with van der Waals surface area (Å²) in [5.41, 5.74) is 0. The zero-order valence-electron chi connectivity index (χ0n) is 41.2. The standard InChI is InChI=1S/C50H96NO13P/c1-4-7-10-13-16-19-21-24-26-29-32-35-41(53)38-44(54)51-47-49(48(64-65(58,59)60)43(40-52)62-50(47)57)63-46(56)39-42(36-33-30-27-23-18-15-12-9-6-3)61-45(55)37-34-31-28-25-22-20-17-14-11-8-5-2/h41-43,47-50,52-53,57H,4-40H2,1-3H3,(H,51,54)(H2,58,59,60)/t41-,42-,43-,47-,48-,49-,50-/m1/s1. The van der Waals surface area contributed by atoms with Gasteiger partial charge in [0.1, 0.15) is 24.4 Å². The molecular formula is C50H96NO13P. The predicted octanol–water partition coefficient (Wildman–Crippen LogP) is 10.9. The molecule has 7 atom stereocenters. The van der Waals surface area contributed by atoms with Gasteiger partial charge in [-0.15, -0.1) is 0 Å². The molecule has 6 N–H and O–H groups in total. The molecule has 0 saturated carbocycles. The molecule has 0 spiro atoms. The summed E-state index contributed by atoms with van der Waals surface area (Å²) in [6.07, 6.45) is 26.3. The molecule has 65 heavy (non-hydrogen) atoms. The third kappa shape index (κ3) is 33.5. The largest absolute Gasteiger partial charge is 0.470 e. The summed E-state index contributed by atoms with van der Waals surface area (Å²) in [5, 5.41) is 34.3. The number of rotatable bonds is 44. The Hall–Kier alpha value is -1.64. The van der Waals surface area contributed by atoms with Crippen LogP contribution < -0.4 is 5.32 Å². The van der Waals surface area contributed by atoms with Gasteiger partial charge in [-0.05, 0) is 25.7 Å². The minimum atomic E-state index is -5.29. The number of nitrogens with one attached hydrogen (secondary N) is 1. The molecular weight excluding hydrogens is 854 g/mol. The quantitative estimate of drug-likeness (QED) is 0.0190. The van der Waals surface area contributed by atoms with Crippen LogP contribution in [0.4, 0.5) is 0 Å². The van der Waals surface area contributed by atoms with Crippen LogP contribution in [0.3, 0.4) is 0 Å². The zero-order valence-corrected chi connectivity index (χ0v) is 42.0. The maximum Gasteiger partial charge on any atom is 0.470 e. The van der Waals surface area contributed by atoms with Crippen molar-refractivity contribution in [1.82, 2.24) is 5.32 Å². The number of phosphoric ester groups is 1. The van der Waals surface area contributed by atoms with Gasteiger partial charge in [0.05, 0.1) is 25.6 Å². The lowest BCUT2D eigenvalue weighted by Gasteiger charge is -2.43. The summed E-state index contributed by atoms with van der Waals surface area (Å²) >= 11 is 0. The molecule has 0 aromatic heterocycles. The van der Waals surface area contributed by atoms with E-state index in [1.807, 2.05) is 0 Å². The van der Waals surface area contributed by atoms with Crippen LogP contribution in [0.25, 0.3) is 0 Å². The van der Waals surface area contributed by atoms with Crippen LogP contribution in [0.5, 0.6) is 0 Å². The van der Waals surface area contributed by atoms with Gasteiger partial charge >= 0.3 is 19.8 Å². The second kappa shape index (κ2) is 40.3. The lowest BCUT2D eigenvalue weighted by molar-refractivity contribution is -0.256. The van der Waals surface area contributed by atoms with Crippen LogP contribution in [-0.2, 0) is 37.7 Å². The molecule has 1 rings (SSSR count). The van der Waals surface area contributed by atoms with Crippen LogP contribution in [-0.4, -0.2) is 92.4 Å². The number of hydrogen-bond acceptors (Lipinski definition) is 11. The third-order valence-electron chi connectivity index (χ3n) is 12.6. The molecule has 0 radical (unpaired) electrons. The van der Waals surface area contributed by atoms with Crippen molar-refractivity contribution in [3.05, 3.63) is 0 Å². The van der Waals surface area contributed by atoms with E-state index >= 15 is 0 Å². The molecule has 1 amide bonds. The molecule has 15 heteroatoms. The molecule has 0 aliphatic carbocycles. The number of carbonyl (C=O) groups excluding carboxylic acids is 3. The van der Waals surface area contributed by atoms with Crippen LogP contribution >= 0.6 is 7.82 Å². The SMILES string of the molecule is CCCCCCCCCCCCCC(=O)O[C@H](CCCCCCCCCCC)CC(=O)O[C@@H]1[C@@H](NC(=O)C[C@H](O)CCCCCCCCCCCCC)[C@H](O)O[C@H](CO)[C@H]1OP(=O)(O)O. The van der Waals surface area contributed by atoms with Crippen molar-refractivity contribution in [2.24, 2.45) is 0 Å². The fourth-order valence-electron chi connectivity index (χ4n) is 8.70. The van der Waals surface area contributed by atoms with Crippen molar-refractivity contribution in [2.75, 3.05) is 6.61 Å². The predicted molar refractivity (Wildman–Crippen MR) is 256 cm³/mol. The van der Waals surface area contributed by atoms with Crippen LogP contribution in [0.2, 0.25) is 0 Å². The molecule has 0 aromatic rings. The second-order valence-electron chi connectivity index (χ2n) is 18.8. The second-order valence-corrected chi connectivity index (χ2v) is 19.9. The third-order valence-corrected chi connectivity index (χ3v) is 13.1. The smallest absolute Gasteiger partial charge is 0.462 e. The highest BCUT2D eigenvalue weighted by Crippen LogP contribution is 2.42. The Labute approximate surface area is 394 Å². The van der Waals surface area contributed by atoms with E-state index in [9.17, 15) is 44.1 Å². The Morgan fingerprint density at radius 3 is 1.43 bits per heavy atom. The zero-order chi connectivity index (χ0) is 48.0. The monoisotopic (exact) mass is 950 g/mol. The first kappa shape index (κ1) is 61.4. The average molecular weight is 950 g/mol. The summed E-state index contributed by atoms with van der Waals surface area (Å²) in [7, 11) is -5.29. The van der Waals surface area contributed by atoms with Gasteiger partial charge in [-0.25, -0.2) is 4.57 Å². The first-order chi connectivity index (χ1) is 31.3. The normalized spacial score (nSPS) is 19.8. The van der Waals surface area contributed by atoms with Crippen LogP contribution in [0.15, 0.2) is 0 Å². The summed E-state index contributed by atoms with van der Waals surface area (Å²) in [5.74, 6) is -2.05. The van der Waals surface area contributed by atoms with Gasteiger partial charge in [0.15, 0.2) is 12.4 Å². The Balaban J connectivity index is 2.91. The number of carbonyl (C=O) groups is 3. The van der Waals surface area contributed by atoms with Gasteiger partial charge in [-0.3, -0.25) is 18.9 Å². The van der Waals surface area contributed by atoms with E-state index in [0.29, 0.717) is 25.7 Å². The number of esters is 2. The van der Waals surface area contributed by atoms with Gasteiger partial charge in [0, 0.05) is 6.42 Å². The maximum atomic E-state index is 13.7. The van der Waals surface area contributed by atoms with Crippen molar-refractivity contribution >= 4 is 25.7 Å².